The molecule has 0 bridgehead atoms. The van der Waals surface area contributed by atoms with Gasteiger partial charge in [0.2, 0.25) is 0 Å². The molecule has 4 heteroatoms. The third-order valence-electron chi connectivity index (χ3n) is 2.66. The van der Waals surface area contributed by atoms with Crippen LogP contribution in [0.1, 0.15) is 35.3 Å². The van der Waals surface area contributed by atoms with Crippen molar-refractivity contribution in [2.24, 2.45) is 0 Å². The summed E-state index contributed by atoms with van der Waals surface area (Å²) in [7, 11) is 0. The number of carbonyl (C=O) groups excluding carboxylic acids is 2. The average Bonchev–Trinajstić information content (AvgIpc) is 2.38. The molecule has 0 aliphatic carbocycles. The monoisotopic (exact) mass is 312 g/mol. The number of ketones is 1. The maximum Gasteiger partial charge on any atom is 0.338 e. The van der Waals surface area contributed by atoms with Crippen molar-refractivity contribution in [1.82, 2.24) is 0 Å². The van der Waals surface area contributed by atoms with Crippen LogP contribution in [0.25, 0.3) is 0 Å². The van der Waals surface area contributed by atoms with Gasteiger partial charge in [-0.2, -0.15) is 0 Å². The highest BCUT2D eigenvalue weighted by Gasteiger charge is 2.15. The Hall–Kier alpha value is -1.16. The van der Waals surface area contributed by atoms with Gasteiger partial charge in [-0.05, 0) is 30.5 Å². The predicted molar refractivity (Wildman–Crippen MR) is 74.3 cm³/mol. The van der Waals surface area contributed by atoms with E-state index in [1.54, 1.807) is 19.1 Å². The summed E-state index contributed by atoms with van der Waals surface area (Å²) in [5, 5.41) is 0.333. The third-order valence-corrected chi connectivity index (χ3v) is 3.28. The highest BCUT2D eigenvalue weighted by Crippen LogP contribution is 2.18. The van der Waals surface area contributed by atoms with E-state index in [1.165, 1.54) is 0 Å². The van der Waals surface area contributed by atoms with Gasteiger partial charge in [-0.15, -0.1) is 0 Å². The van der Waals surface area contributed by atoms with Gasteiger partial charge >= 0.3 is 5.97 Å². The Morgan fingerprint density at radius 3 is 2.56 bits per heavy atom. The van der Waals surface area contributed by atoms with Crippen LogP contribution < -0.4 is 0 Å². The van der Waals surface area contributed by atoms with E-state index in [2.05, 4.69) is 15.9 Å². The Balaban J connectivity index is 3.09. The molecule has 1 aromatic rings. The van der Waals surface area contributed by atoms with E-state index in [0.29, 0.717) is 30.3 Å². The fraction of sp³-hybridized carbons (Fsp3) is 0.429. The van der Waals surface area contributed by atoms with E-state index in [1.807, 2.05) is 13.0 Å². The van der Waals surface area contributed by atoms with Crippen molar-refractivity contribution in [3.8, 4) is 0 Å². The van der Waals surface area contributed by atoms with Gasteiger partial charge in [0.25, 0.3) is 0 Å². The molecule has 0 atom stereocenters. The van der Waals surface area contributed by atoms with Gasteiger partial charge in [0.05, 0.1) is 17.5 Å². The first-order valence-electron chi connectivity index (χ1n) is 5.99. The zero-order valence-electron chi connectivity index (χ0n) is 10.7. The number of rotatable bonds is 6. The van der Waals surface area contributed by atoms with Crippen molar-refractivity contribution in [3.63, 3.8) is 0 Å². The molecule has 0 N–H and O–H groups in total. The quantitative estimate of drug-likeness (QED) is 0.599. The van der Waals surface area contributed by atoms with Crippen LogP contribution in [0.3, 0.4) is 0 Å². The molecule has 0 radical (unpaired) electrons. The summed E-state index contributed by atoms with van der Waals surface area (Å²) in [6, 6.07) is 5.43. The Morgan fingerprint density at radius 1 is 1.28 bits per heavy atom. The minimum absolute atomic E-state index is 0.103. The first-order valence-corrected chi connectivity index (χ1v) is 7.11. The van der Waals surface area contributed by atoms with E-state index < -0.39 is 0 Å². The molecular formula is C14H17BrO3. The fourth-order valence-electron chi connectivity index (χ4n) is 1.88. The lowest BCUT2D eigenvalue weighted by Crippen LogP contribution is -2.12. The van der Waals surface area contributed by atoms with Crippen LogP contribution in [0.4, 0.5) is 0 Å². The molecule has 0 amide bonds. The van der Waals surface area contributed by atoms with E-state index in [4.69, 9.17) is 4.74 Å². The van der Waals surface area contributed by atoms with Crippen molar-refractivity contribution >= 4 is 27.7 Å². The summed E-state index contributed by atoms with van der Waals surface area (Å²) in [6.45, 7) is 4.11. The molecule has 1 rings (SSSR count). The molecule has 0 saturated carbocycles. The maximum absolute atomic E-state index is 11.8. The van der Waals surface area contributed by atoms with E-state index in [0.717, 1.165) is 11.1 Å². The van der Waals surface area contributed by atoms with E-state index in [9.17, 15) is 9.59 Å². The normalized spacial score (nSPS) is 10.2. The molecule has 0 aliphatic heterocycles. The van der Waals surface area contributed by atoms with Crippen LogP contribution in [-0.2, 0) is 22.4 Å². The van der Waals surface area contributed by atoms with Crippen LogP contribution in [0, 0.1) is 0 Å². The zero-order chi connectivity index (χ0) is 13.5. The largest absolute Gasteiger partial charge is 0.462 e. The first kappa shape index (κ1) is 14.9. The van der Waals surface area contributed by atoms with Crippen molar-refractivity contribution in [1.29, 1.82) is 0 Å². The standard InChI is InChI=1S/C14H17BrO3/c1-3-12-10(8-11(16)9-15)6-5-7-13(12)14(17)18-4-2/h5-7H,3-4,8-9H2,1-2H3. The van der Waals surface area contributed by atoms with Gasteiger partial charge in [-0.3, -0.25) is 4.79 Å². The molecule has 3 nitrogen and oxygen atoms in total. The predicted octanol–water partition coefficient (Wildman–Crippen LogP) is 2.93. The van der Waals surface area contributed by atoms with Gasteiger partial charge in [0.15, 0.2) is 0 Å². The molecule has 1 aromatic carbocycles. The molecule has 18 heavy (non-hydrogen) atoms. The molecule has 98 valence electrons. The summed E-state index contributed by atoms with van der Waals surface area (Å²) in [4.78, 5) is 23.3. The van der Waals surface area contributed by atoms with Crippen molar-refractivity contribution in [2.45, 2.75) is 26.7 Å². The highest BCUT2D eigenvalue weighted by atomic mass is 79.9. The van der Waals surface area contributed by atoms with Gasteiger partial charge in [-0.25, -0.2) is 4.79 Å². The van der Waals surface area contributed by atoms with Gasteiger partial charge < -0.3 is 4.74 Å². The Bertz CT molecular complexity index is 441. The highest BCUT2D eigenvalue weighted by molar-refractivity contribution is 9.09. The molecule has 0 saturated heterocycles. The number of benzene rings is 1. The summed E-state index contributed by atoms with van der Waals surface area (Å²) >= 11 is 3.15. The van der Waals surface area contributed by atoms with Crippen molar-refractivity contribution < 1.29 is 14.3 Å². The van der Waals surface area contributed by atoms with E-state index in [-0.39, 0.29) is 11.8 Å². The molecule has 0 aromatic heterocycles. The second-order valence-electron chi connectivity index (χ2n) is 3.87. The van der Waals surface area contributed by atoms with Crippen LogP contribution in [0.2, 0.25) is 0 Å². The van der Waals surface area contributed by atoms with Crippen LogP contribution in [-0.4, -0.2) is 23.7 Å². The third kappa shape index (κ3) is 3.67. The minimum atomic E-state index is -0.317. The number of halogens is 1. The zero-order valence-corrected chi connectivity index (χ0v) is 12.2. The molecule has 0 fully saturated rings. The minimum Gasteiger partial charge on any atom is -0.462 e. The molecule has 0 aliphatic rings. The number of hydrogen-bond donors (Lipinski definition) is 0. The van der Waals surface area contributed by atoms with Gasteiger partial charge in [0, 0.05) is 6.42 Å². The Kier molecular flexibility index (Phi) is 6.05. The summed E-state index contributed by atoms with van der Waals surface area (Å²) in [5.41, 5.74) is 2.39. The number of alkyl halides is 1. The Morgan fingerprint density at radius 2 is 2.00 bits per heavy atom. The Labute approximate surface area is 116 Å². The van der Waals surface area contributed by atoms with E-state index >= 15 is 0 Å². The summed E-state index contributed by atoms with van der Waals surface area (Å²) in [6.07, 6.45) is 1.06. The summed E-state index contributed by atoms with van der Waals surface area (Å²) < 4.78 is 5.02. The average molecular weight is 313 g/mol. The van der Waals surface area contributed by atoms with Gasteiger partial charge in [-0.1, -0.05) is 35.0 Å². The SMILES string of the molecule is CCOC(=O)c1cccc(CC(=O)CBr)c1CC. The lowest BCUT2D eigenvalue weighted by Gasteiger charge is -2.12. The molecular weight excluding hydrogens is 296 g/mol. The topological polar surface area (TPSA) is 43.4 Å². The number of ether oxygens (including phenoxy) is 1. The van der Waals surface area contributed by atoms with Crippen molar-refractivity contribution in [2.75, 3.05) is 11.9 Å². The van der Waals surface area contributed by atoms with Gasteiger partial charge in [0.1, 0.15) is 5.78 Å². The van der Waals surface area contributed by atoms with Crippen LogP contribution in [0.15, 0.2) is 18.2 Å². The second-order valence-corrected chi connectivity index (χ2v) is 4.43. The number of hydrogen-bond acceptors (Lipinski definition) is 3. The van der Waals surface area contributed by atoms with Crippen molar-refractivity contribution in [3.05, 3.63) is 34.9 Å². The maximum atomic E-state index is 11.8. The number of Topliss-reactive ketones (excluding diaryl/α,β-unsaturated/α-hetero) is 1. The lowest BCUT2D eigenvalue weighted by atomic mass is 9.95. The number of carbonyl (C=O) groups is 2. The smallest absolute Gasteiger partial charge is 0.338 e. The molecule has 0 heterocycles. The fourth-order valence-corrected chi connectivity index (χ4v) is 2.08. The first-order chi connectivity index (χ1) is 8.63. The summed E-state index contributed by atoms with van der Waals surface area (Å²) in [5.74, 6) is -0.215. The molecule has 0 unspecified atom stereocenters. The lowest BCUT2D eigenvalue weighted by molar-refractivity contribution is -0.115. The van der Waals surface area contributed by atoms with Crippen LogP contribution in [0.5, 0.6) is 0 Å². The van der Waals surface area contributed by atoms with Crippen LogP contribution >= 0.6 is 15.9 Å². The number of esters is 1. The second kappa shape index (κ2) is 7.31. The molecule has 0 spiro atoms.